The minimum Gasteiger partial charge on any atom is -0.481 e. The summed E-state index contributed by atoms with van der Waals surface area (Å²) in [4.78, 5) is 11.3. The average Bonchev–Trinajstić information content (AvgIpc) is 2.20. The Labute approximate surface area is 95.1 Å². The molecule has 0 heterocycles. The summed E-state index contributed by atoms with van der Waals surface area (Å²) in [6, 6.07) is 6.32. The van der Waals surface area contributed by atoms with Gasteiger partial charge in [-0.2, -0.15) is 0 Å². The molecule has 1 atom stereocenters. The smallest absolute Gasteiger partial charge is 0.309 e. The van der Waals surface area contributed by atoms with Crippen LogP contribution in [0.15, 0.2) is 24.3 Å². The van der Waals surface area contributed by atoms with Gasteiger partial charge in [-0.05, 0) is 30.9 Å². The second-order valence-corrected chi connectivity index (χ2v) is 4.65. The molecule has 1 N–H and O–H groups in total. The normalized spacial score (nSPS) is 14.8. The minimum absolute atomic E-state index is 0.0513. The molecule has 2 nitrogen and oxygen atoms in total. The van der Waals surface area contributed by atoms with Crippen molar-refractivity contribution in [3.8, 4) is 0 Å². The van der Waals surface area contributed by atoms with Crippen LogP contribution in [0.25, 0.3) is 0 Å². The Morgan fingerprint density at radius 1 is 1.44 bits per heavy atom. The van der Waals surface area contributed by atoms with Crippen LogP contribution >= 0.6 is 0 Å². The van der Waals surface area contributed by atoms with Crippen molar-refractivity contribution in [2.24, 2.45) is 11.3 Å². The van der Waals surface area contributed by atoms with E-state index in [1.807, 2.05) is 13.8 Å². The Morgan fingerprint density at radius 2 is 2.00 bits per heavy atom. The standard InChI is InChI=1S/C13H17FO2/c1-9(2)13(3,12(15)16)8-10-6-4-5-7-11(10)14/h4-7,9H,8H2,1-3H3,(H,15,16). The van der Waals surface area contributed by atoms with Crippen LogP contribution in [0, 0.1) is 17.2 Å². The molecule has 1 aromatic carbocycles. The monoisotopic (exact) mass is 224 g/mol. The quantitative estimate of drug-likeness (QED) is 0.853. The van der Waals surface area contributed by atoms with E-state index in [1.165, 1.54) is 6.07 Å². The van der Waals surface area contributed by atoms with Gasteiger partial charge in [0.05, 0.1) is 5.41 Å². The number of carboxylic acid groups (broad SMARTS) is 1. The van der Waals surface area contributed by atoms with Gasteiger partial charge in [-0.3, -0.25) is 4.79 Å². The zero-order valence-electron chi connectivity index (χ0n) is 9.83. The molecule has 16 heavy (non-hydrogen) atoms. The van der Waals surface area contributed by atoms with Gasteiger partial charge in [-0.25, -0.2) is 4.39 Å². The van der Waals surface area contributed by atoms with Crippen molar-refractivity contribution in [2.45, 2.75) is 27.2 Å². The largest absolute Gasteiger partial charge is 0.481 e. The summed E-state index contributed by atoms with van der Waals surface area (Å²) in [6.07, 6.45) is 0.215. The van der Waals surface area contributed by atoms with Crippen LogP contribution < -0.4 is 0 Å². The topological polar surface area (TPSA) is 37.3 Å². The molecule has 0 saturated carbocycles. The van der Waals surface area contributed by atoms with Gasteiger partial charge in [0.25, 0.3) is 0 Å². The summed E-state index contributed by atoms with van der Waals surface area (Å²) in [5.41, 5.74) is -0.469. The second-order valence-electron chi connectivity index (χ2n) is 4.65. The molecule has 1 unspecified atom stereocenters. The fourth-order valence-corrected chi connectivity index (χ4v) is 1.56. The Morgan fingerprint density at radius 3 is 2.44 bits per heavy atom. The van der Waals surface area contributed by atoms with Gasteiger partial charge >= 0.3 is 5.97 Å². The van der Waals surface area contributed by atoms with Crippen molar-refractivity contribution >= 4 is 5.97 Å². The fourth-order valence-electron chi connectivity index (χ4n) is 1.56. The lowest BCUT2D eigenvalue weighted by molar-refractivity contribution is -0.150. The van der Waals surface area contributed by atoms with Gasteiger partial charge in [0, 0.05) is 0 Å². The van der Waals surface area contributed by atoms with Crippen LogP contribution in [0.1, 0.15) is 26.3 Å². The number of hydrogen-bond acceptors (Lipinski definition) is 1. The summed E-state index contributed by atoms with van der Waals surface area (Å²) in [5.74, 6) is -1.27. The van der Waals surface area contributed by atoms with Crippen LogP contribution in [-0.4, -0.2) is 11.1 Å². The van der Waals surface area contributed by atoms with Crippen LogP contribution in [0.3, 0.4) is 0 Å². The van der Waals surface area contributed by atoms with E-state index < -0.39 is 11.4 Å². The van der Waals surface area contributed by atoms with Gasteiger partial charge < -0.3 is 5.11 Å². The van der Waals surface area contributed by atoms with Crippen LogP contribution in [0.2, 0.25) is 0 Å². The number of hydrogen-bond donors (Lipinski definition) is 1. The van der Waals surface area contributed by atoms with E-state index in [-0.39, 0.29) is 18.2 Å². The Kier molecular flexibility index (Phi) is 3.68. The molecule has 0 saturated heterocycles. The molecule has 0 aromatic heterocycles. The number of aliphatic carboxylic acids is 1. The summed E-state index contributed by atoms with van der Waals surface area (Å²) < 4.78 is 13.5. The predicted octanol–water partition coefficient (Wildman–Crippen LogP) is 3.12. The number of benzene rings is 1. The van der Waals surface area contributed by atoms with Crippen molar-refractivity contribution in [3.63, 3.8) is 0 Å². The molecule has 3 heteroatoms. The first-order valence-corrected chi connectivity index (χ1v) is 5.34. The first-order chi connectivity index (χ1) is 7.38. The van der Waals surface area contributed by atoms with E-state index in [1.54, 1.807) is 25.1 Å². The van der Waals surface area contributed by atoms with E-state index in [9.17, 15) is 14.3 Å². The minimum atomic E-state index is -0.928. The van der Waals surface area contributed by atoms with E-state index >= 15 is 0 Å². The zero-order chi connectivity index (χ0) is 12.3. The number of carbonyl (C=O) groups is 1. The van der Waals surface area contributed by atoms with Crippen molar-refractivity contribution < 1.29 is 14.3 Å². The molecule has 0 aliphatic rings. The zero-order valence-corrected chi connectivity index (χ0v) is 9.83. The predicted molar refractivity (Wildman–Crippen MR) is 60.7 cm³/mol. The van der Waals surface area contributed by atoms with Crippen molar-refractivity contribution in [1.82, 2.24) is 0 Å². The fraction of sp³-hybridized carbons (Fsp3) is 0.462. The molecule has 1 rings (SSSR count). The highest BCUT2D eigenvalue weighted by atomic mass is 19.1. The Bertz CT molecular complexity index is 387. The second kappa shape index (κ2) is 4.64. The molecule has 0 amide bonds. The maximum absolute atomic E-state index is 13.5. The highest BCUT2D eigenvalue weighted by Crippen LogP contribution is 2.32. The van der Waals surface area contributed by atoms with Crippen LogP contribution in [0.4, 0.5) is 4.39 Å². The first kappa shape index (κ1) is 12.7. The van der Waals surface area contributed by atoms with Gasteiger partial charge in [-0.1, -0.05) is 32.0 Å². The van der Waals surface area contributed by atoms with Gasteiger partial charge in [0.15, 0.2) is 0 Å². The van der Waals surface area contributed by atoms with Gasteiger partial charge in [0.1, 0.15) is 5.82 Å². The van der Waals surface area contributed by atoms with Crippen LogP contribution in [0.5, 0.6) is 0 Å². The van der Waals surface area contributed by atoms with Gasteiger partial charge in [-0.15, -0.1) is 0 Å². The third-order valence-corrected chi connectivity index (χ3v) is 3.28. The van der Waals surface area contributed by atoms with Crippen molar-refractivity contribution in [2.75, 3.05) is 0 Å². The van der Waals surface area contributed by atoms with E-state index in [0.29, 0.717) is 5.56 Å². The maximum Gasteiger partial charge on any atom is 0.309 e. The summed E-state index contributed by atoms with van der Waals surface area (Å²) >= 11 is 0. The molecule has 0 spiro atoms. The molecule has 0 aliphatic heterocycles. The third-order valence-electron chi connectivity index (χ3n) is 3.28. The number of rotatable bonds is 4. The molecule has 0 fully saturated rings. The molecule has 0 radical (unpaired) electrons. The average molecular weight is 224 g/mol. The molecule has 0 aliphatic carbocycles. The molecule has 88 valence electrons. The number of carboxylic acids is 1. The highest BCUT2D eigenvalue weighted by molar-refractivity contribution is 5.75. The molecule has 0 bridgehead atoms. The third kappa shape index (κ3) is 2.40. The summed E-state index contributed by atoms with van der Waals surface area (Å²) in [7, 11) is 0. The molecule has 1 aromatic rings. The summed E-state index contributed by atoms with van der Waals surface area (Å²) in [6.45, 7) is 5.34. The lowest BCUT2D eigenvalue weighted by Crippen LogP contribution is -2.35. The van der Waals surface area contributed by atoms with Crippen molar-refractivity contribution in [3.05, 3.63) is 35.6 Å². The lowest BCUT2D eigenvalue weighted by Gasteiger charge is -2.29. The molecular weight excluding hydrogens is 207 g/mol. The molecular formula is C13H17FO2. The maximum atomic E-state index is 13.5. The Hall–Kier alpha value is -1.38. The summed E-state index contributed by atoms with van der Waals surface area (Å²) in [5, 5.41) is 9.23. The highest BCUT2D eigenvalue weighted by Gasteiger charge is 2.37. The Balaban J connectivity index is 3.02. The first-order valence-electron chi connectivity index (χ1n) is 5.34. The van der Waals surface area contributed by atoms with E-state index in [2.05, 4.69) is 0 Å². The SMILES string of the molecule is CC(C)C(C)(Cc1ccccc1F)C(=O)O. The number of halogens is 1. The van der Waals surface area contributed by atoms with Crippen LogP contribution in [-0.2, 0) is 11.2 Å². The van der Waals surface area contributed by atoms with E-state index in [4.69, 9.17) is 0 Å². The van der Waals surface area contributed by atoms with Gasteiger partial charge in [0.2, 0.25) is 0 Å². The van der Waals surface area contributed by atoms with E-state index in [0.717, 1.165) is 0 Å². The van der Waals surface area contributed by atoms with Crippen molar-refractivity contribution in [1.29, 1.82) is 0 Å². The lowest BCUT2D eigenvalue weighted by atomic mass is 9.74.